The zero-order chi connectivity index (χ0) is 22.5. The standard InChI is InChI=1S/C19H38N2O7S2/c1-4-17(23)20-6-8-26-10-12-28-14-13-27-11-9-25-7-5-18(24)21-15-19(2,3)30-29-16-22/h22H,4-16H2,1-3H3,(H,20,23)(H,21,24). The van der Waals surface area contributed by atoms with Gasteiger partial charge in [0.05, 0.1) is 58.8 Å². The Balaban J connectivity index is 3.31. The molecule has 0 heterocycles. The van der Waals surface area contributed by atoms with Crippen LogP contribution < -0.4 is 10.6 Å². The maximum Gasteiger partial charge on any atom is 0.222 e. The average molecular weight is 471 g/mol. The third-order valence-corrected chi connectivity index (χ3v) is 6.37. The lowest BCUT2D eigenvalue weighted by Crippen LogP contribution is -2.36. The number of aliphatic hydroxyl groups excluding tert-OH is 1. The molecule has 0 bridgehead atoms. The molecule has 0 aromatic carbocycles. The van der Waals surface area contributed by atoms with Crippen molar-refractivity contribution in [3.63, 3.8) is 0 Å². The van der Waals surface area contributed by atoms with Crippen LogP contribution in [0.15, 0.2) is 0 Å². The van der Waals surface area contributed by atoms with Crippen LogP contribution in [0, 0.1) is 0 Å². The van der Waals surface area contributed by atoms with Gasteiger partial charge in [0, 0.05) is 30.7 Å². The Bertz CT molecular complexity index is 443. The Morgan fingerprint density at radius 2 is 1.37 bits per heavy atom. The quantitative estimate of drug-likeness (QED) is 0.129. The molecule has 0 rings (SSSR count). The van der Waals surface area contributed by atoms with E-state index in [4.69, 9.17) is 24.1 Å². The van der Waals surface area contributed by atoms with Crippen LogP contribution in [0.5, 0.6) is 0 Å². The maximum absolute atomic E-state index is 11.8. The highest BCUT2D eigenvalue weighted by Gasteiger charge is 2.19. The minimum atomic E-state index is -0.141. The Hall–Kier alpha value is -0.560. The van der Waals surface area contributed by atoms with E-state index < -0.39 is 0 Å². The van der Waals surface area contributed by atoms with Gasteiger partial charge in [0.15, 0.2) is 0 Å². The molecule has 2 amide bonds. The molecule has 0 spiro atoms. The summed E-state index contributed by atoms with van der Waals surface area (Å²) < 4.78 is 21.3. The van der Waals surface area contributed by atoms with Crippen LogP contribution in [-0.2, 0) is 28.5 Å². The molecule has 9 nitrogen and oxygen atoms in total. The molecule has 0 aliphatic carbocycles. The lowest BCUT2D eigenvalue weighted by molar-refractivity contribution is -0.122. The molecule has 178 valence electrons. The smallest absolute Gasteiger partial charge is 0.222 e. The number of rotatable bonds is 21. The van der Waals surface area contributed by atoms with Crippen LogP contribution in [0.1, 0.15) is 33.6 Å². The number of carbonyl (C=O) groups is 2. The van der Waals surface area contributed by atoms with Crippen molar-refractivity contribution in [3.8, 4) is 0 Å². The van der Waals surface area contributed by atoms with Crippen LogP contribution in [0.2, 0.25) is 0 Å². The van der Waals surface area contributed by atoms with Crippen LogP contribution in [0.25, 0.3) is 0 Å². The number of ether oxygens (including phenoxy) is 4. The van der Waals surface area contributed by atoms with E-state index in [2.05, 4.69) is 10.6 Å². The maximum atomic E-state index is 11.8. The molecule has 0 aliphatic heterocycles. The zero-order valence-corrected chi connectivity index (χ0v) is 20.0. The summed E-state index contributed by atoms with van der Waals surface area (Å²) in [5.74, 6) is 0.0219. The van der Waals surface area contributed by atoms with Gasteiger partial charge in [0.25, 0.3) is 0 Å². The van der Waals surface area contributed by atoms with Crippen LogP contribution in [0.4, 0.5) is 0 Å². The first kappa shape index (κ1) is 29.4. The number of hydrogen-bond acceptors (Lipinski definition) is 9. The first-order valence-electron chi connectivity index (χ1n) is 10.2. The van der Waals surface area contributed by atoms with Crippen molar-refractivity contribution in [3.05, 3.63) is 0 Å². The molecule has 0 saturated heterocycles. The Morgan fingerprint density at radius 3 is 1.90 bits per heavy atom. The van der Waals surface area contributed by atoms with Gasteiger partial charge in [-0.25, -0.2) is 0 Å². The van der Waals surface area contributed by atoms with E-state index in [0.29, 0.717) is 78.8 Å². The lowest BCUT2D eigenvalue weighted by atomic mass is 10.2. The third kappa shape index (κ3) is 20.7. The van der Waals surface area contributed by atoms with Crippen LogP contribution in [0.3, 0.4) is 0 Å². The molecule has 0 aromatic rings. The predicted molar refractivity (Wildman–Crippen MR) is 121 cm³/mol. The second-order valence-corrected chi connectivity index (χ2v) is 9.74. The highest BCUT2D eigenvalue weighted by molar-refractivity contribution is 8.77. The van der Waals surface area contributed by atoms with Crippen molar-refractivity contribution in [1.29, 1.82) is 0 Å². The Kier molecular flexibility index (Phi) is 20.0. The molecule has 0 atom stereocenters. The largest absolute Gasteiger partial charge is 0.385 e. The second-order valence-electron chi connectivity index (χ2n) is 6.77. The molecule has 0 radical (unpaired) electrons. The summed E-state index contributed by atoms with van der Waals surface area (Å²) in [7, 11) is 2.91. The van der Waals surface area contributed by atoms with Gasteiger partial charge in [-0.3, -0.25) is 9.59 Å². The Morgan fingerprint density at radius 1 is 0.833 bits per heavy atom. The van der Waals surface area contributed by atoms with Gasteiger partial charge in [-0.05, 0) is 13.8 Å². The van der Waals surface area contributed by atoms with Gasteiger partial charge >= 0.3 is 0 Å². The minimum absolute atomic E-state index is 0.0204. The van der Waals surface area contributed by atoms with Crippen molar-refractivity contribution >= 4 is 33.4 Å². The molecule has 30 heavy (non-hydrogen) atoms. The number of hydrogen-bond donors (Lipinski definition) is 3. The molecule has 0 aromatic heterocycles. The van der Waals surface area contributed by atoms with E-state index in [1.165, 1.54) is 10.8 Å². The van der Waals surface area contributed by atoms with Gasteiger partial charge in [-0.15, -0.1) is 0 Å². The minimum Gasteiger partial charge on any atom is -0.385 e. The van der Waals surface area contributed by atoms with Crippen molar-refractivity contribution < 1.29 is 33.6 Å². The summed E-state index contributed by atoms with van der Waals surface area (Å²) in [6.45, 7) is 10.5. The van der Waals surface area contributed by atoms with Crippen molar-refractivity contribution in [2.24, 2.45) is 0 Å². The summed E-state index contributed by atoms with van der Waals surface area (Å²) in [5, 5.41) is 14.4. The first-order chi connectivity index (χ1) is 14.4. The molecule has 0 fully saturated rings. The van der Waals surface area contributed by atoms with E-state index in [-0.39, 0.29) is 22.5 Å². The highest BCUT2D eigenvalue weighted by Crippen LogP contribution is 2.34. The monoisotopic (exact) mass is 470 g/mol. The van der Waals surface area contributed by atoms with Gasteiger partial charge in [0.1, 0.15) is 0 Å². The topological polar surface area (TPSA) is 115 Å². The summed E-state index contributed by atoms with van der Waals surface area (Å²) in [5.41, 5.74) is 0. The SMILES string of the molecule is CCC(=O)NCCOCCOCCOCCOCCC(=O)NCC(C)(C)SSCO. The van der Waals surface area contributed by atoms with Crippen molar-refractivity contribution in [2.45, 2.75) is 38.4 Å². The third-order valence-electron chi connectivity index (χ3n) is 3.53. The van der Waals surface area contributed by atoms with Gasteiger partial charge < -0.3 is 34.7 Å². The number of nitrogens with one attached hydrogen (secondary N) is 2. The average Bonchev–Trinajstić information content (AvgIpc) is 2.73. The highest BCUT2D eigenvalue weighted by atomic mass is 33.1. The molecule has 0 aliphatic rings. The fraction of sp³-hybridized carbons (Fsp3) is 0.895. The van der Waals surface area contributed by atoms with E-state index in [9.17, 15) is 9.59 Å². The summed E-state index contributed by atoms with van der Waals surface area (Å²) >= 11 is 0. The zero-order valence-electron chi connectivity index (χ0n) is 18.4. The lowest BCUT2D eigenvalue weighted by Gasteiger charge is -2.23. The summed E-state index contributed by atoms with van der Waals surface area (Å²) in [6, 6.07) is 0. The normalized spacial score (nSPS) is 11.5. The van der Waals surface area contributed by atoms with Crippen molar-refractivity contribution in [2.75, 3.05) is 71.9 Å². The molecular formula is C19H38N2O7S2. The van der Waals surface area contributed by atoms with Crippen molar-refractivity contribution in [1.82, 2.24) is 10.6 Å². The summed E-state index contributed by atoms with van der Waals surface area (Å²) in [6.07, 6.45) is 0.784. The number of amides is 2. The van der Waals surface area contributed by atoms with E-state index >= 15 is 0 Å². The van der Waals surface area contributed by atoms with Crippen LogP contribution >= 0.6 is 21.6 Å². The molecule has 0 saturated carbocycles. The van der Waals surface area contributed by atoms with Gasteiger partial charge in [-0.1, -0.05) is 28.5 Å². The van der Waals surface area contributed by atoms with Crippen LogP contribution in [-0.4, -0.2) is 93.6 Å². The van der Waals surface area contributed by atoms with E-state index in [0.717, 1.165) is 0 Å². The fourth-order valence-corrected chi connectivity index (χ4v) is 3.72. The molecular weight excluding hydrogens is 432 g/mol. The van der Waals surface area contributed by atoms with E-state index in [1.54, 1.807) is 17.7 Å². The number of aliphatic hydroxyl groups is 1. The molecule has 11 heteroatoms. The Labute approximate surface area is 188 Å². The molecule has 0 unspecified atom stereocenters. The fourth-order valence-electron chi connectivity index (χ4n) is 1.93. The van der Waals surface area contributed by atoms with Gasteiger partial charge in [0.2, 0.25) is 11.8 Å². The first-order valence-corrected chi connectivity index (χ1v) is 12.5. The van der Waals surface area contributed by atoms with Gasteiger partial charge in [-0.2, -0.15) is 0 Å². The second kappa shape index (κ2) is 20.3. The summed E-state index contributed by atoms with van der Waals surface area (Å²) in [4.78, 5) is 22.8. The number of carbonyl (C=O) groups excluding carboxylic acids is 2. The predicted octanol–water partition coefficient (Wildman–Crippen LogP) is 1.20. The molecule has 3 N–H and O–H groups in total. The van der Waals surface area contributed by atoms with E-state index in [1.807, 2.05) is 13.8 Å².